The number of aromatic nitrogens is 4. The molecule has 7 heteroatoms. The molecular weight excluding hydrogens is 402 g/mol. The van der Waals surface area contributed by atoms with Crippen molar-refractivity contribution >= 4 is 22.6 Å². The summed E-state index contributed by atoms with van der Waals surface area (Å²) < 4.78 is 1.78. The fourth-order valence-electron chi connectivity index (χ4n) is 3.67. The molecule has 3 N–H and O–H groups in total. The van der Waals surface area contributed by atoms with E-state index in [-0.39, 0.29) is 11.6 Å². The summed E-state index contributed by atoms with van der Waals surface area (Å²) in [6, 6.07) is 23.2. The molecule has 0 spiro atoms. The third-order valence-electron chi connectivity index (χ3n) is 5.29. The van der Waals surface area contributed by atoms with Crippen molar-refractivity contribution in [2.24, 2.45) is 0 Å². The number of carbonyl (C=O) groups is 1. The molecule has 0 aliphatic rings. The van der Waals surface area contributed by atoms with E-state index in [2.05, 4.69) is 15.3 Å². The monoisotopic (exact) mass is 423 g/mol. The number of H-pyrrole nitrogens is 2. The number of hydrogen-bond donors (Lipinski definition) is 3. The Morgan fingerprint density at radius 1 is 0.969 bits per heavy atom. The number of aryl methyl sites for hydroxylation is 1. The van der Waals surface area contributed by atoms with Crippen LogP contribution in [0, 0.1) is 6.92 Å². The Morgan fingerprint density at radius 2 is 1.72 bits per heavy atom. The van der Waals surface area contributed by atoms with Crippen LogP contribution in [0.1, 0.15) is 21.5 Å². The summed E-state index contributed by atoms with van der Waals surface area (Å²) in [7, 11) is 0. The van der Waals surface area contributed by atoms with Crippen LogP contribution in [0.2, 0.25) is 0 Å². The van der Waals surface area contributed by atoms with E-state index in [1.54, 1.807) is 29.1 Å². The first kappa shape index (κ1) is 19.6. The lowest BCUT2D eigenvalue weighted by Gasteiger charge is -2.06. The zero-order valence-corrected chi connectivity index (χ0v) is 17.4. The Labute approximate surface area is 183 Å². The fraction of sp³-hybridized carbons (Fsp3) is 0.0800. The van der Waals surface area contributed by atoms with Crippen LogP contribution in [-0.2, 0) is 6.54 Å². The first-order valence-corrected chi connectivity index (χ1v) is 10.3. The van der Waals surface area contributed by atoms with Gasteiger partial charge >= 0.3 is 5.69 Å². The third-order valence-corrected chi connectivity index (χ3v) is 5.29. The molecule has 0 aliphatic carbocycles. The lowest BCUT2D eigenvalue weighted by atomic mass is 10.1. The van der Waals surface area contributed by atoms with Gasteiger partial charge in [0.15, 0.2) is 0 Å². The van der Waals surface area contributed by atoms with Gasteiger partial charge in [0, 0.05) is 17.4 Å². The van der Waals surface area contributed by atoms with Crippen molar-refractivity contribution in [1.29, 1.82) is 0 Å². The van der Waals surface area contributed by atoms with Gasteiger partial charge < -0.3 is 15.3 Å². The average Bonchev–Trinajstić information content (AvgIpc) is 3.37. The predicted molar refractivity (Wildman–Crippen MR) is 125 cm³/mol. The van der Waals surface area contributed by atoms with Crippen LogP contribution in [0.25, 0.3) is 22.3 Å². The fourth-order valence-corrected chi connectivity index (χ4v) is 3.67. The van der Waals surface area contributed by atoms with Crippen LogP contribution in [0.3, 0.4) is 0 Å². The Kier molecular flexibility index (Phi) is 4.91. The molecule has 0 aliphatic heterocycles. The number of carbonyl (C=O) groups excluding carboxylic acids is 1. The molecule has 158 valence electrons. The van der Waals surface area contributed by atoms with Gasteiger partial charge in [-0.25, -0.2) is 4.79 Å². The quantitative estimate of drug-likeness (QED) is 0.393. The molecule has 0 atom stereocenters. The van der Waals surface area contributed by atoms with Gasteiger partial charge in [0.05, 0.1) is 23.1 Å². The Morgan fingerprint density at radius 3 is 2.50 bits per heavy atom. The van der Waals surface area contributed by atoms with E-state index < -0.39 is 0 Å². The maximum atomic E-state index is 13.2. The van der Waals surface area contributed by atoms with Crippen molar-refractivity contribution in [2.75, 3.05) is 5.32 Å². The maximum absolute atomic E-state index is 13.2. The normalized spacial score (nSPS) is 11.0. The average molecular weight is 423 g/mol. The van der Waals surface area contributed by atoms with Gasteiger partial charge in [0.25, 0.3) is 5.91 Å². The molecular formula is C25H21N5O2. The van der Waals surface area contributed by atoms with Gasteiger partial charge in [-0.3, -0.25) is 9.48 Å². The molecule has 7 nitrogen and oxygen atoms in total. The van der Waals surface area contributed by atoms with E-state index in [4.69, 9.17) is 5.10 Å². The SMILES string of the molecule is Cc1ccc(-c2nn(Cc3ccccc3)cc2C(=O)Nc2ccc3[nH]c(=O)[nH]c3c2)cc1. The number of rotatable bonds is 5. The zero-order valence-electron chi connectivity index (χ0n) is 17.4. The zero-order chi connectivity index (χ0) is 22.1. The number of fused-ring (bicyclic) bond motifs is 1. The van der Waals surface area contributed by atoms with Crippen molar-refractivity contribution in [2.45, 2.75) is 13.5 Å². The lowest BCUT2D eigenvalue weighted by molar-refractivity contribution is 0.102. The summed E-state index contributed by atoms with van der Waals surface area (Å²) in [5.41, 5.74) is 5.82. The smallest absolute Gasteiger partial charge is 0.322 e. The predicted octanol–water partition coefficient (Wildman–Crippen LogP) is 4.33. The molecule has 0 saturated carbocycles. The first-order chi connectivity index (χ1) is 15.5. The number of aromatic amines is 2. The van der Waals surface area contributed by atoms with Crippen LogP contribution in [0.5, 0.6) is 0 Å². The molecule has 2 aromatic heterocycles. The lowest BCUT2D eigenvalue weighted by Crippen LogP contribution is -2.12. The summed E-state index contributed by atoms with van der Waals surface area (Å²) in [6.45, 7) is 2.58. The second-order valence-electron chi connectivity index (χ2n) is 7.73. The molecule has 1 amide bonds. The minimum Gasteiger partial charge on any atom is -0.322 e. The summed E-state index contributed by atoms with van der Waals surface area (Å²) in [5, 5.41) is 7.65. The molecule has 5 aromatic rings. The van der Waals surface area contributed by atoms with E-state index in [0.29, 0.717) is 34.5 Å². The van der Waals surface area contributed by atoms with Crippen molar-refractivity contribution in [3.05, 3.63) is 106 Å². The minimum absolute atomic E-state index is 0.267. The van der Waals surface area contributed by atoms with Gasteiger partial charge in [0.1, 0.15) is 5.69 Å². The third kappa shape index (κ3) is 3.96. The van der Waals surface area contributed by atoms with Crippen LogP contribution in [0.4, 0.5) is 5.69 Å². The molecule has 0 bridgehead atoms. The highest BCUT2D eigenvalue weighted by Crippen LogP contribution is 2.25. The summed E-state index contributed by atoms with van der Waals surface area (Å²) in [6.07, 6.45) is 1.77. The number of nitrogens with one attached hydrogen (secondary N) is 3. The number of amides is 1. The van der Waals surface area contributed by atoms with Crippen LogP contribution in [-0.4, -0.2) is 25.7 Å². The largest absolute Gasteiger partial charge is 0.323 e. The Hall–Kier alpha value is -4.39. The highest BCUT2D eigenvalue weighted by atomic mass is 16.2. The highest BCUT2D eigenvalue weighted by Gasteiger charge is 2.19. The number of nitrogens with zero attached hydrogens (tertiary/aromatic N) is 2. The summed E-state index contributed by atoms with van der Waals surface area (Å²) in [5.74, 6) is -0.267. The van der Waals surface area contributed by atoms with Crippen LogP contribution < -0.4 is 11.0 Å². The summed E-state index contributed by atoms with van der Waals surface area (Å²) in [4.78, 5) is 30.2. The van der Waals surface area contributed by atoms with E-state index in [1.807, 2.05) is 61.5 Å². The maximum Gasteiger partial charge on any atom is 0.323 e. The van der Waals surface area contributed by atoms with E-state index in [9.17, 15) is 9.59 Å². The van der Waals surface area contributed by atoms with Gasteiger partial charge in [-0.1, -0.05) is 60.2 Å². The Balaban J connectivity index is 1.50. The Bertz CT molecular complexity index is 1460. The number of anilines is 1. The summed E-state index contributed by atoms with van der Waals surface area (Å²) >= 11 is 0. The van der Waals surface area contributed by atoms with Crippen molar-refractivity contribution in [3.8, 4) is 11.3 Å². The van der Waals surface area contributed by atoms with Crippen LogP contribution >= 0.6 is 0 Å². The second kappa shape index (κ2) is 8.03. The number of imidazole rings is 1. The van der Waals surface area contributed by atoms with E-state index in [0.717, 1.165) is 16.7 Å². The standard InChI is InChI=1S/C25H21N5O2/c1-16-7-9-18(10-8-16)23-20(15-30(29-23)14-17-5-3-2-4-6-17)24(31)26-19-11-12-21-22(13-19)28-25(32)27-21/h2-13,15H,14H2,1H3,(H,26,31)(H2,27,28,32). The van der Waals surface area contributed by atoms with E-state index in [1.165, 1.54) is 0 Å². The van der Waals surface area contributed by atoms with Gasteiger partial charge in [-0.15, -0.1) is 0 Å². The van der Waals surface area contributed by atoms with Crippen molar-refractivity contribution in [1.82, 2.24) is 19.7 Å². The van der Waals surface area contributed by atoms with Crippen molar-refractivity contribution < 1.29 is 4.79 Å². The molecule has 0 unspecified atom stereocenters. The number of hydrogen-bond acceptors (Lipinski definition) is 3. The topological polar surface area (TPSA) is 95.6 Å². The molecule has 0 saturated heterocycles. The van der Waals surface area contributed by atoms with Gasteiger partial charge in [-0.05, 0) is 30.7 Å². The van der Waals surface area contributed by atoms with E-state index >= 15 is 0 Å². The van der Waals surface area contributed by atoms with Crippen molar-refractivity contribution in [3.63, 3.8) is 0 Å². The molecule has 0 radical (unpaired) electrons. The molecule has 5 rings (SSSR count). The molecule has 2 heterocycles. The van der Waals surface area contributed by atoms with Gasteiger partial charge in [0.2, 0.25) is 0 Å². The van der Waals surface area contributed by atoms with Gasteiger partial charge in [-0.2, -0.15) is 5.10 Å². The second-order valence-corrected chi connectivity index (χ2v) is 7.73. The highest BCUT2D eigenvalue weighted by molar-refractivity contribution is 6.08. The minimum atomic E-state index is -0.285. The first-order valence-electron chi connectivity index (χ1n) is 10.3. The molecule has 0 fully saturated rings. The van der Waals surface area contributed by atoms with Crippen LogP contribution in [0.15, 0.2) is 83.8 Å². The molecule has 3 aromatic carbocycles. The molecule has 32 heavy (non-hydrogen) atoms. The number of benzene rings is 3.